The first kappa shape index (κ1) is 13.0. The van der Waals surface area contributed by atoms with E-state index in [1.807, 2.05) is 31.3 Å². The molecule has 1 aromatic heterocycles. The van der Waals surface area contributed by atoms with E-state index in [4.69, 9.17) is 4.74 Å². The molecular formula is C15H20N4O. The summed E-state index contributed by atoms with van der Waals surface area (Å²) in [6.45, 7) is 2.13. The third-order valence-corrected chi connectivity index (χ3v) is 3.84. The van der Waals surface area contributed by atoms with Gasteiger partial charge in [-0.25, -0.2) is 0 Å². The zero-order valence-electron chi connectivity index (χ0n) is 12.0. The van der Waals surface area contributed by atoms with Crippen LogP contribution in [0.1, 0.15) is 19.3 Å². The lowest BCUT2D eigenvalue weighted by Crippen LogP contribution is -2.31. The van der Waals surface area contributed by atoms with Crippen LogP contribution in [0.4, 0.5) is 5.95 Å². The van der Waals surface area contributed by atoms with Crippen molar-refractivity contribution in [1.82, 2.24) is 14.8 Å². The number of anilines is 1. The summed E-state index contributed by atoms with van der Waals surface area (Å²) in [6.07, 6.45) is 3.78. The summed E-state index contributed by atoms with van der Waals surface area (Å²) in [5, 5.41) is 8.74. The SMILES string of the molecule is COc1ccccc1-c1nnc(N2CCCCC2)n1C. The molecule has 1 aliphatic rings. The Morgan fingerprint density at radius 1 is 1.05 bits per heavy atom. The molecule has 0 amide bonds. The van der Waals surface area contributed by atoms with Gasteiger partial charge in [0.1, 0.15) is 5.75 Å². The van der Waals surface area contributed by atoms with E-state index in [2.05, 4.69) is 19.7 Å². The maximum absolute atomic E-state index is 5.41. The van der Waals surface area contributed by atoms with Crippen LogP contribution in [-0.4, -0.2) is 35.0 Å². The zero-order chi connectivity index (χ0) is 13.9. The van der Waals surface area contributed by atoms with Crippen molar-refractivity contribution in [3.63, 3.8) is 0 Å². The topological polar surface area (TPSA) is 43.2 Å². The third kappa shape index (κ3) is 2.24. The summed E-state index contributed by atoms with van der Waals surface area (Å²) < 4.78 is 7.47. The summed E-state index contributed by atoms with van der Waals surface area (Å²) in [6, 6.07) is 7.92. The van der Waals surface area contributed by atoms with Gasteiger partial charge >= 0.3 is 0 Å². The molecule has 0 unspecified atom stereocenters. The highest BCUT2D eigenvalue weighted by Gasteiger charge is 2.20. The molecule has 5 heteroatoms. The summed E-state index contributed by atoms with van der Waals surface area (Å²) >= 11 is 0. The van der Waals surface area contributed by atoms with Crippen molar-refractivity contribution in [2.75, 3.05) is 25.1 Å². The van der Waals surface area contributed by atoms with E-state index in [1.54, 1.807) is 7.11 Å². The molecule has 0 bridgehead atoms. The number of hydrogen-bond acceptors (Lipinski definition) is 4. The van der Waals surface area contributed by atoms with Crippen molar-refractivity contribution in [3.05, 3.63) is 24.3 Å². The van der Waals surface area contributed by atoms with Gasteiger partial charge in [0.15, 0.2) is 5.82 Å². The minimum atomic E-state index is 0.827. The predicted octanol–water partition coefficient (Wildman–Crippen LogP) is 2.48. The zero-order valence-corrected chi connectivity index (χ0v) is 12.0. The van der Waals surface area contributed by atoms with E-state index in [-0.39, 0.29) is 0 Å². The molecule has 106 valence electrons. The van der Waals surface area contributed by atoms with Gasteiger partial charge in [-0.1, -0.05) is 12.1 Å². The molecule has 5 nitrogen and oxygen atoms in total. The molecule has 0 saturated carbocycles. The number of rotatable bonds is 3. The van der Waals surface area contributed by atoms with Gasteiger partial charge in [0.05, 0.1) is 12.7 Å². The van der Waals surface area contributed by atoms with E-state index < -0.39 is 0 Å². The smallest absolute Gasteiger partial charge is 0.227 e. The molecule has 1 saturated heterocycles. The van der Waals surface area contributed by atoms with E-state index in [0.29, 0.717) is 0 Å². The van der Waals surface area contributed by atoms with Gasteiger partial charge in [0.2, 0.25) is 5.95 Å². The van der Waals surface area contributed by atoms with E-state index in [0.717, 1.165) is 36.2 Å². The predicted molar refractivity (Wildman–Crippen MR) is 79.1 cm³/mol. The monoisotopic (exact) mass is 272 g/mol. The van der Waals surface area contributed by atoms with Crippen LogP contribution >= 0.6 is 0 Å². The Kier molecular flexibility index (Phi) is 3.58. The van der Waals surface area contributed by atoms with Gasteiger partial charge in [-0.3, -0.25) is 4.57 Å². The van der Waals surface area contributed by atoms with E-state index >= 15 is 0 Å². The number of methoxy groups -OCH3 is 1. The lowest BCUT2D eigenvalue weighted by Gasteiger charge is -2.27. The summed E-state index contributed by atoms with van der Waals surface area (Å²) in [7, 11) is 3.70. The molecule has 1 aliphatic heterocycles. The quantitative estimate of drug-likeness (QED) is 0.861. The second-order valence-corrected chi connectivity index (χ2v) is 5.13. The number of aromatic nitrogens is 3. The van der Waals surface area contributed by atoms with Gasteiger partial charge in [-0.2, -0.15) is 0 Å². The highest BCUT2D eigenvalue weighted by molar-refractivity contribution is 5.65. The van der Waals surface area contributed by atoms with Crippen molar-refractivity contribution in [2.24, 2.45) is 7.05 Å². The summed E-state index contributed by atoms with van der Waals surface area (Å²) in [5.41, 5.74) is 0.980. The van der Waals surface area contributed by atoms with Crippen molar-refractivity contribution in [1.29, 1.82) is 0 Å². The van der Waals surface area contributed by atoms with Gasteiger partial charge in [0.25, 0.3) is 0 Å². The normalized spacial score (nSPS) is 15.4. The maximum Gasteiger partial charge on any atom is 0.227 e. The number of para-hydroxylation sites is 1. The Labute approximate surface area is 119 Å². The standard InChI is InChI=1S/C15H20N4O/c1-18-14(12-8-4-5-9-13(12)20-2)16-17-15(18)19-10-6-3-7-11-19/h4-5,8-9H,3,6-7,10-11H2,1-2H3. The fourth-order valence-electron chi connectivity index (χ4n) is 2.75. The van der Waals surface area contributed by atoms with Crippen LogP contribution in [-0.2, 0) is 7.05 Å². The molecular weight excluding hydrogens is 252 g/mol. The van der Waals surface area contributed by atoms with Crippen LogP contribution < -0.4 is 9.64 Å². The van der Waals surface area contributed by atoms with Crippen LogP contribution in [0.15, 0.2) is 24.3 Å². The Balaban J connectivity index is 1.97. The van der Waals surface area contributed by atoms with Crippen LogP contribution in [0.5, 0.6) is 5.75 Å². The van der Waals surface area contributed by atoms with Gasteiger partial charge in [-0.15, -0.1) is 10.2 Å². The van der Waals surface area contributed by atoms with Crippen LogP contribution in [0.3, 0.4) is 0 Å². The molecule has 2 heterocycles. The second-order valence-electron chi connectivity index (χ2n) is 5.13. The fourth-order valence-corrected chi connectivity index (χ4v) is 2.75. The molecule has 1 aromatic carbocycles. The van der Waals surface area contributed by atoms with Crippen LogP contribution in [0.25, 0.3) is 11.4 Å². The van der Waals surface area contributed by atoms with Gasteiger partial charge in [-0.05, 0) is 31.4 Å². The summed E-state index contributed by atoms with van der Waals surface area (Å²) in [4.78, 5) is 2.31. The maximum atomic E-state index is 5.41. The number of ether oxygens (including phenoxy) is 1. The average Bonchev–Trinajstić information content (AvgIpc) is 2.89. The van der Waals surface area contributed by atoms with Crippen molar-refractivity contribution < 1.29 is 4.74 Å². The average molecular weight is 272 g/mol. The summed E-state index contributed by atoms with van der Waals surface area (Å²) in [5.74, 6) is 2.63. The molecule has 0 radical (unpaired) electrons. The molecule has 20 heavy (non-hydrogen) atoms. The lowest BCUT2D eigenvalue weighted by atomic mass is 10.1. The number of hydrogen-bond donors (Lipinski definition) is 0. The molecule has 1 fully saturated rings. The molecule has 0 aliphatic carbocycles. The minimum absolute atomic E-state index is 0.827. The van der Waals surface area contributed by atoms with E-state index in [9.17, 15) is 0 Å². The number of benzene rings is 1. The van der Waals surface area contributed by atoms with Gasteiger partial charge in [0, 0.05) is 20.1 Å². The molecule has 3 rings (SSSR count). The molecule has 0 N–H and O–H groups in total. The van der Waals surface area contributed by atoms with Crippen molar-refractivity contribution in [3.8, 4) is 17.1 Å². The first-order valence-corrected chi connectivity index (χ1v) is 7.09. The van der Waals surface area contributed by atoms with Crippen LogP contribution in [0.2, 0.25) is 0 Å². The first-order valence-electron chi connectivity index (χ1n) is 7.09. The number of piperidine rings is 1. The van der Waals surface area contributed by atoms with Crippen molar-refractivity contribution in [2.45, 2.75) is 19.3 Å². The highest BCUT2D eigenvalue weighted by Crippen LogP contribution is 2.30. The Hall–Kier alpha value is -2.04. The second kappa shape index (κ2) is 5.53. The largest absolute Gasteiger partial charge is 0.496 e. The minimum Gasteiger partial charge on any atom is -0.496 e. The van der Waals surface area contributed by atoms with Gasteiger partial charge < -0.3 is 9.64 Å². The molecule has 0 spiro atoms. The van der Waals surface area contributed by atoms with Crippen LogP contribution in [0, 0.1) is 0 Å². The first-order chi connectivity index (χ1) is 9.81. The highest BCUT2D eigenvalue weighted by atomic mass is 16.5. The lowest BCUT2D eigenvalue weighted by molar-refractivity contribution is 0.416. The third-order valence-electron chi connectivity index (χ3n) is 3.84. The van der Waals surface area contributed by atoms with E-state index in [1.165, 1.54) is 19.3 Å². The molecule has 0 atom stereocenters. The van der Waals surface area contributed by atoms with Crippen molar-refractivity contribution >= 4 is 5.95 Å². The number of nitrogens with zero attached hydrogens (tertiary/aromatic N) is 4. The fraction of sp³-hybridized carbons (Fsp3) is 0.467. The molecule has 2 aromatic rings. The Morgan fingerprint density at radius 2 is 1.80 bits per heavy atom. The Morgan fingerprint density at radius 3 is 2.55 bits per heavy atom. The Bertz CT molecular complexity index is 587.